The minimum atomic E-state index is 0.00922. The molecule has 1 unspecified atom stereocenters. The number of amides is 2. The van der Waals surface area contributed by atoms with Crippen LogP contribution in [-0.2, 0) is 0 Å². The molecule has 0 aromatic heterocycles. The second-order valence-electron chi connectivity index (χ2n) is 7.49. The third-order valence-corrected chi connectivity index (χ3v) is 4.72. The minimum absolute atomic E-state index is 0.00922. The first-order valence-corrected chi connectivity index (χ1v) is 8.21. The molecule has 2 fully saturated rings. The number of hydrogen-bond acceptors (Lipinski definition) is 2. The van der Waals surface area contributed by atoms with E-state index >= 15 is 0 Å². The Morgan fingerprint density at radius 2 is 1.90 bits per heavy atom. The van der Waals surface area contributed by atoms with Crippen molar-refractivity contribution in [3.05, 3.63) is 0 Å². The molecule has 1 aliphatic carbocycles. The predicted molar refractivity (Wildman–Crippen MR) is 82.8 cm³/mol. The minimum Gasteiger partial charge on any atom is -0.335 e. The number of carbonyl (C=O) groups excluding carboxylic acids is 1. The Labute approximate surface area is 123 Å². The summed E-state index contributed by atoms with van der Waals surface area (Å²) in [6.45, 7) is 10.4. The first-order valence-electron chi connectivity index (χ1n) is 8.21. The Bertz CT molecular complexity index is 335. The summed E-state index contributed by atoms with van der Waals surface area (Å²) in [4.78, 5) is 14.7. The first kappa shape index (κ1) is 15.6. The van der Waals surface area contributed by atoms with Gasteiger partial charge in [0, 0.05) is 30.7 Å². The van der Waals surface area contributed by atoms with E-state index in [1.54, 1.807) is 0 Å². The van der Waals surface area contributed by atoms with E-state index in [2.05, 4.69) is 43.2 Å². The molecule has 2 N–H and O–H groups in total. The summed E-state index contributed by atoms with van der Waals surface area (Å²) in [5, 5.41) is 6.83. The van der Waals surface area contributed by atoms with Gasteiger partial charge < -0.3 is 15.5 Å². The molecule has 1 aliphatic heterocycles. The zero-order valence-electron chi connectivity index (χ0n) is 13.5. The van der Waals surface area contributed by atoms with Gasteiger partial charge in [-0.25, -0.2) is 4.79 Å². The fourth-order valence-corrected chi connectivity index (χ4v) is 3.41. The molecule has 2 amide bonds. The normalized spacial score (nSPS) is 27.6. The molecule has 0 bridgehead atoms. The van der Waals surface area contributed by atoms with Crippen LogP contribution < -0.4 is 10.6 Å². The van der Waals surface area contributed by atoms with Gasteiger partial charge in [-0.15, -0.1) is 0 Å². The van der Waals surface area contributed by atoms with Crippen LogP contribution in [0.25, 0.3) is 0 Å². The van der Waals surface area contributed by atoms with Crippen LogP contribution in [-0.4, -0.2) is 41.6 Å². The third-order valence-electron chi connectivity index (χ3n) is 4.72. The highest BCUT2D eigenvalue weighted by Crippen LogP contribution is 2.22. The lowest BCUT2D eigenvalue weighted by atomic mass is 9.93. The molecule has 116 valence electrons. The maximum absolute atomic E-state index is 12.7. The Balaban J connectivity index is 1.99. The molecule has 1 saturated heterocycles. The van der Waals surface area contributed by atoms with Crippen molar-refractivity contribution in [2.45, 2.75) is 77.4 Å². The molecule has 0 aromatic rings. The number of nitrogens with one attached hydrogen (secondary N) is 2. The zero-order chi connectivity index (χ0) is 14.8. The van der Waals surface area contributed by atoms with E-state index in [4.69, 9.17) is 0 Å². The van der Waals surface area contributed by atoms with E-state index in [-0.39, 0.29) is 11.6 Å². The fourth-order valence-electron chi connectivity index (χ4n) is 3.41. The molecule has 4 nitrogen and oxygen atoms in total. The second-order valence-corrected chi connectivity index (χ2v) is 7.49. The molecule has 0 spiro atoms. The molecule has 1 heterocycles. The molecule has 20 heavy (non-hydrogen) atoms. The molecular formula is C16H31N3O. The summed E-state index contributed by atoms with van der Waals surface area (Å²) in [5.74, 6) is 0.482. The summed E-state index contributed by atoms with van der Waals surface area (Å²) in [6, 6.07) is 0.832. The van der Waals surface area contributed by atoms with Crippen molar-refractivity contribution in [1.29, 1.82) is 0 Å². The predicted octanol–water partition coefficient (Wildman–Crippen LogP) is 2.74. The van der Waals surface area contributed by atoms with Gasteiger partial charge in [0.2, 0.25) is 0 Å². The summed E-state index contributed by atoms with van der Waals surface area (Å²) in [6.07, 6.45) is 6.12. The summed E-state index contributed by atoms with van der Waals surface area (Å²) in [5.41, 5.74) is 0.00922. The molecule has 2 rings (SSSR count). The van der Waals surface area contributed by atoms with Crippen molar-refractivity contribution in [3.8, 4) is 0 Å². The lowest BCUT2D eigenvalue weighted by Crippen LogP contribution is -2.66. The maximum atomic E-state index is 12.7. The number of rotatable bonds is 2. The van der Waals surface area contributed by atoms with E-state index in [1.165, 1.54) is 19.3 Å². The average Bonchev–Trinajstić information content (AvgIpc) is 2.38. The highest BCUT2D eigenvalue weighted by molar-refractivity contribution is 5.75. The number of urea groups is 1. The van der Waals surface area contributed by atoms with Crippen LogP contribution in [0, 0.1) is 5.92 Å². The second kappa shape index (κ2) is 6.33. The van der Waals surface area contributed by atoms with Crippen molar-refractivity contribution < 1.29 is 4.79 Å². The smallest absolute Gasteiger partial charge is 0.317 e. The van der Waals surface area contributed by atoms with Gasteiger partial charge in [0.25, 0.3) is 0 Å². The average molecular weight is 281 g/mol. The van der Waals surface area contributed by atoms with Gasteiger partial charge in [-0.3, -0.25) is 0 Å². The van der Waals surface area contributed by atoms with Crippen LogP contribution in [0.2, 0.25) is 0 Å². The fraction of sp³-hybridized carbons (Fsp3) is 0.938. The molecule has 4 heteroatoms. The van der Waals surface area contributed by atoms with Crippen molar-refractivity contribution in [2.24, 2.45) is 5.92 Å². The Kier molecular flexibility index (Phi) is 4.95. The van der Waals surface area contributed by atoms with E-state index in [9.17, 15) is 4.79 Å². The van der Waals surface area contributed by atoms with Crippen molar-refractivity contribution >= 4 is 6.03 Å². The van der Waals surface area contributed by atoms with Crippen LogP contribution in [0.3, 0.4) is 0 Å². The largest absolute Gasteiger partial charge is 0.335 e. The maximum Gasteiger partial charge on any atom is 0.317 e. The monoisotopic (exact) mass is 281 g/mol. The SMILES string of the molecule is CC(C)C1CNC(C)(C)CN1C(=O)NC1CCCCC1. The molecule has 0 aromatic carbocycles. The summed E-state index contributed by atoms with van der Waals surface area (Å²) >= 11 is 0. The van der Waals surface area contributed by atoms with E-state index in [1.807, 2.05) is 0 Å². The topological polar surface area (TPSA) is 44.4 Å². The molecule has 1 saturated carbocycles. The standard InChI is InChI=1S/C16H31N3O/c1-12(2)14-10-17-16(3,4)11-19(14)15(20)18-13-8-6-5-7-9-13/h12-14,17H,5-11H2,1-4H3,(H,18,20). The van der Waals surface area contributed by atoms with Crippen molar-refractivity contribution in [2.75, 3.05) is 13.1 Å². The summed E-state index contributed by atoms with van der Waals surface area (Å²) < 4.78 is 0. The molecule has 2 aliphatic rings. The highest BCUT2D eigenvalue weighted by atomic mass is 16.2. The Hall–Kier alpha value is -0.770. The van der Waals surface area contributed by atoms with Gasteiger partial charge in [0.05, 0.1) is 0 Å². The Morgan fingerprint density at radius 3 is 2.50 bits per heavy atom. The van der Waals surface area contributed by atoms with E-state index < -0.39 is 0 Å². The highest BCUT2D eigenvalue weighted by Gasteiger charge is 2.37. The lowest BCUT2D eigenvalue weighted by Gasteiger charge is -2.46. The third kappa shape index (κ3) is 3.87. The molecular weight excluding hydrogens is 250 g/mol. The van der Waals surface area contributed by atoms with Gasteiger partial charge in [0.1, 0.15) is 0 Å². The number of hydrogen-bond donors (Lipinski definition) is 2. The van der Waals surface area contributed by atoms with E-state index in [0.717, 1.165) is 25.9 Å². The Morgan fingerprint density at radius 1 is 1.25 bits per heavy atom. The number of nitrogens with zero attached hydrogens (tertiary/aromatic N) is 1. The van der Waals surface area contributed by atoms with Crippen LogP contribution in [0.4, 0.5) is 4.79 Å². The summed E-state index contributed by atoms with van der Waals surface area (Å²) in [7, 11) is 0. The van der Waals surface area contributed by atoms with Gasteiger partial charge >= 0.3 is 6.03 Å². The van der Waals surface area contributed by atoms with Gasteiger partial charge in [-0.2, -0.15) is 0 Å². The van der Waals surface area contributed by atoms with Gasteiger partial charge in [-0.1, -0.05) is 33.1 Å². The van der Waals surface area contributed by atoms with Crippen LogP contribution in [0.5, 0.6) is 0 Å². The van der Waals surface area contributed by atoms with Crippen LogP contribution in [0.15, 0.2) is 0 Å². The van der Waals surface area contributed by atoms with Gasteiger partial charge in [0.15, 0.2) is 0 Å². The number of carbonyl (C=O) groups is 1. The van der Waals surface area contributed by atoms with Crippen molar-refractivity contribution in [1.82, 2.24) is 15.5 Å². The first-order chi connectivity index (χ1) is 9.39. The van der Waals surface area contributed by atoms with Crippen LogP contribution in [0.1, 0.15) is 59.8 Å². The van der Waals surface area contributed by atoms with E-state index in [0.29, 0.717) is 18.0 Å². The van der Waals surface area contributed by atoms with Crippen LogP contribution >= 0.6 is 0 Å². The quantitative estimate of drug-likeness (QED) is 0.817. The van der Waals surface area contributed by atoms with Gasteiger partial charge in [-0.05, 0) is 32.6 Å². The number of piperazine rings is 1. The van der Waals surface area contributed by atoms with Crippen molar-refractivity contribution in [3.63, 3.8) is 0 Å². The zero-order valence-corrected chi connectivity index (χ0v) is 13.5. The lowest BCUT2D eigenvalue weighted by molar-refractivity contribution is 0.0896. The molecule has 0 radical (unpaired) electrons. The molecule has 1 atom stereocenters.